The quantitative estimate of drug-likeness (QED) is 0.348. The zero-order chi connectivity index (χ0) is 27.1. The van der Waals surface area contributed by atoms with Crippen LogP contribution in [0.25, 0.3) is 6.08 Å². The summed E-state index contributed by atoms with van der Waals surface area (Å²) in [5.74, 6) is 0.949. The standard InChI is InChI=1S/C30H35N3O4S/c1-20-13-15-33(16-14-20)24-10-7-22(8-11-24)21(2)31-30(35)26(19-25-6-5-17-38-25)32-29(34)23-9-12-27(36-3)28(18-23)37-4/h5-12,17-21H,13-16H2,1-4H3,(H,31,35)(H,32,34)/b26-19-/t21-/m0/s1. The normalized spacial score (nSPS) is 15.1. The molecular weight excluding hydrogens is 498 g/mol. The van der Waals surface area contributed by atoms with Crippen molar-refractivity contribution in [3.05, 3.63) is 81.7 Å². The molecule has 1 fully saturated rings. The maximum atomic E-state index is 13.3. The number of anilines is 1. The molecule has 1 saturated heterocycles. The van der Waals surface area contributed by atoms with Crippen molar-refractivity contribution in [2.45, 2.75) is 32.7 Å². The summed E-state index contributed by atoms with van der Waals surface area (Å²) in [7, 11) is 3.04. The van der Waals surface area contributed by atoms with Gasteiger partial charge in [0.1, 0.15) is 5.70 Å². The Bertz CT molecular complexity index is 1260. The van der Waals surface area contributed by atoms with Crippen molar-refractivity contribution in [1.29, 1.82) is 0 Å². The number of amides is 2. The Labute approximate surface area is 228 Å². The Morgan fingerprint density at radius 2 is 1.74 bits per heavy atom. The van der Waals surface area contributed by atoms with E-state index in [4.69, 9.17) is 9.47 Å². The maximum Gasteiger partial charge on any atom is 0.268 e. The molecule has 8 heteroatoms. The molecule has 0 spiro atoms. The predicted octanol–water partition coefficient (Wildman–Crippen LogP) is 5.65. The van der Waals surface area contributed by atoms with E-state index < -0.39 is 5.91 Å². The molecule has 1 atom stereocenters. The van der Waals surface area contributed by atoms with Crippen LogP contribution in [0.3, 0.4) is 0 Å². The summed E-state index contributed by atoms with van der Waals surface area (Å²) >= 11 is 1.48. The number of benzene rings is 2. The summed E-state index contributed by atoms with van der Waals surface area (Å²) in [6.07, 6.45) is 4.11. The molecule has 0 saturated carbocycles. The predicted molar refractivity (Wildman–Crippen MR) is 153 cm³/mol. The number of nitrogens with zero attached hydrogens (tertiary/aromatic N) is 1. The minimum absolute atomic E-state index is 0.165. The van der Waals surface area contributed by atoms with Gasteiger partial charge >= 0.3 is 0 Å². The smallest absolute Gasteiger partial charge is 0.268 e. The van der Waals surface area contributed by atoms with Gasteiger partial charge in [0, 0.05) is 29.2 Å². The van der Waals surface area contributed by atoms with Gasteiger partial charge in [0.25, 0.3) is 11.8 Å². The number of methoxy groups -OCH3 is 2. The minimum atomic E-state index is -0.420. The maximum absolute atomic E-state index is 13.3. The molecule has 2 aromatic carbocycles. The van der Waals surface area contributed by atoms with Crippen molar-refractivity contribution in [3.8, 4) is 11.5 Å². The molecule has 0 bridgehead atoms. The second-order valence-corrected chi connectivity index (χ2v) is 10.5. The van der Waals surface area contributed by atoms with Gasteiger partial charge in [-0.1, -0.05) is 25.1 Å². The van der Waals surface area contributed by atoms with Crippen molar-refractivity contribution < 1.29 is 19.1 Å². The Kier molecular flexibility index (Phi) is 9.07. The number of thiophene rings is 1. The third-order valence-corrected chi connectivity index (χ3v) is 7.68. The fraction of sp³-hybridized carbons (Fsp3) is 0.333. The lowest BCUT2D eigenvalue weighted by Gasteiger charge is -2.32. The number of rotatable bonds is 9. The highest BCUT2D eigenvalue weighted by Gasteiger charge is 2.20. The van der Waals surface area contributed by atoms with E-state index in [1.54, 1.807) is 24.3 Å². The van der Waals surface area contributed by atoms with Crippen LogP contribution >= 0.6 is 11.3 Å². The van der Waals surface area contributed by atoms with Crippen molar-refractivity contribution in [2.75, 3.05) is 32.2 Å². The highest BCUT2D eigenvalue weighted by molar-refractivity contribution is 7.10. The molecule has 3 aromatic rings. The zero-order valence-corrected chi connectivity index (χ0v) is 23.1. The monoisotopic (exact) mass is 533 g/mol. The van der Waals surface area contributed by atoms with Gasteiger partial charge in [0.2, 0.25) is 0 Å². The van der Waals surface area contributed by atoms with Crippen LogP contribution in [0.1, 0.15) is 53.5 Å². The van der Waals surface area contributed by atoms with Gasteiger partial charge in [-0.3, -0.25) is 9.59 Å². The molecule has 2 amide bonds. The van der Waals surface area contributed by atoms with Crippen molar-refractivity contribution >= 4 is 34.9 Å². The molecule has 1 aliphatic rings. The summed E-state index contributed by atoms with van der Waals surface area (Å²) in [6.45, 7) is 6.39. The van der Waals surface area contributed by atoms with E-state index in [1.165, 1.54) is 44.1 Å². The average molecular weight is 534 g/mol. The van der Waals surface area contributed by atoms with Crippen LogP contribution in [0.4, 0.5) is 5.69 Å². The molecule has 2 N–H and O–H groups in total. The topological polar surface area (TPSA) is 79.9 Å². The van der Waals surface area contributed by atoms with Gasteiger partial charge in [0.05, 0.1) is 20.3 Å². The molecule has 0 unspecified atom stereocenters. The number of carbonyl (C=O) groups is 2. The number of piperidine rings is 1. The number of ether oxygens (including phenoxy) is 2. The van der Waals surface area contributed by atoms with E-state index in [-0.39, 0.29) is 17.6 Å². The first-order valence-electron chi connectivity index (χ1n) is 12.8. The third-order valence-electron chi connectivity index (χ3n) is 6.86. The van der Waals surface area contributed by atoms with Gasteiger partial charge < -0.3 is 25.0 Å². The van der Waals surface area contributed by atoms with Gasteiger partial charge in [-0.2, -0.15) is 0 Å². The fourth-order valence-corrected chi connectivity index (χ4v) is 5.10. The summed E-state index contributed by atoms with van der Waals surface area (Å²) < 4.78 is 10.6. The van der Waals surface area contributed by atoms with Crippen LogP contribution in [0, 0.1) is 5.92 Å². The lowest BCUT2D eigenvalue weighted by Crippen LogP contribution is -2.36. The van der Waals surface area contributed by atoms with Crippen molar-refractivity contribution in [3.63, 3.8) is 0 Å². The van der Waals surface area contributed by atoms with E-state index in [2.05, 4.69) is 46.7 Å². The lowest BCUT2D eigenvalue weighted by molar-refractivity contribution is -0.118. The third kappa shape index (κ3) is 6.75. The van der Waals surface area contributed by atoms with Crippen LogP contribution in [0.5, 0.6) is 11.5 Å². The molecule has 0 aliphatic carbocycles. The lowest BCUT2D eigenvalue weighted by atomic mass is 9.98. The Morgan fingerprint density at radius 1 is 1.03 bits per heavy atom. The van der Waals surface area contributed by atoms with Gasteiger partial charge in [-0.05, 0) is 79.1 Å². The summed E-state index contributed by atoms with van der Waals surface area (Å²) in [6, 6.07) is 16.8. The number of nitrogens with one attached hydrogen (secondary N) is 2. The van der Waals surface area contributed by atoms with Gasteiger partial charge in [-0.25, -0.2) is 0 Å². The molecule has 0 radical (unpaired) electrons. The van der Waals surface area contributed by atoms with Gasteiger partial charge in [-0.15, -0.1) is 11.3 Å². The first-order chi connectivity index (χ1) is 18.4. The number of hydrogen-bond donors (Lipinski definition) is 2. The highest BCUT2D eigenvalue weighted by atomic mass is 32.1. The largest absolute Gasteiger partial charge is 0.493 e. The van der Waals surface area contributed by atoms with Crippen LogP contribution in [-0.2, 0) is 4.79 Å². The number of carbonyl (C=O) groups excluding carboxylic acids is 2. The van der Waals surface area contributed by atoms with E-state index in [9.17, 15) is 9.59 Å². The summed E-state index contributed by atoms with van der Waals surface area (Å²) in [4.78, 5) is 29.7. The second-order valence-electron chi connectivity index (χ2n) is 9.55. The molecule has 38 heavy (non-hydrogen) atoms. The second kappa shape index (κ2) is 12.6. The van der Waals surface area contributed by atoms with Gasteiger partial charge in [0.15, 0.2) is 11.5 Å². The molecular formula is C30H35N3O4S. The van der Waals surface area contributed by atoms with Crippen molar-refractivity contribution in [1.82, 2.24) is 10.6 Å². The summed E-state index contributed by atoms with van der Waals surface area (Å²) in [5.41, 5.74) is 2.72. The van der Waals surface area contributed by atoms with E-state index in [0.717, 1.165) is 29.4 Å². The molecule has 2 heterocycles. The Balaban J connectivity index is 1.47. The molecule has 1 aliphatic heterocycles. The van der Waals surface area contributed by atoms with Crippen LogP contribution < -0.4 is 25.0 Å². The number of hydrogen-bond acceptors (Lipinski definition) is 6. The average Bonchev–Trinajstić information content (AvgIpc) is 3.46. The molecule has 7 nitrogen and oxygen atoms in total. The minimum Gasteiger partial charge on any atom is -0.493 e. The van der Waals surface area contributed by atoms with Crippen LogP contribution in [0.15, 0.2) is 65.7 Å². The first-order valence-corrected chi connectivity index (χ1v) is 13.7. The SMILES string of the molecule is COc1ccc(C(=O)N/C(=C\c2cccs2)C(=O)N[C@@H](C)c2ccc(N3CCC(C)CC3)cc2)cc1OC. The van der Waals surface area contributed by atoms with Crippen molar-refractivity contribution in [2.24, 2.45) is 5.92 Å². The molecule has 200 valence electrons. The van der Waals surface area contributed by atoms with E-state index >= 15 is 0 Å². The van der Waals surface area contributed by atoms with Crippen LogP contribution in [0.2, 0.25) is 0 Å². The first kappa shape index (κ1) is 27.3. The van der Waals surface area contributed by atoms with Crippen LogP contribution in [-0.4, -0.2) is 39.1 Å². The molecule has 1 aromatic heterocycles. The highest BCUT2D eigenvalue weighted by Crippen LogP contribution is 2.28. The fourth-order valence-electron chi connectivity index (χ4n) is 4.44. The zero-order valence-electron chi connectivity index (χ0n) is 22.3. The Morgan fingerprint density at radius 3 is 2.37 bits per heavy atom. The van der Waals surface area contributed by atoms with E-state index in [1.807, 2.05) is 24.4 Å². The van der Waals surface area contributed by atoms with E-state index in [0.29, 0.717) is 17.1 Å². The Hall–Kier alpha value is -3.78. The summed E-state index contributed by atoms with van der Waals surface area (Å²) in [5, 5.41) is 7.74. The molecule has 4 rings (SSSR count).